The van der Waals surface area contributed by atoms with Crippen LogP contribution in [0.3, 0.4) is 0 Å². The van der Waals surface area contributed by atoms with Gasteiger partial charge in [-0.05, 0) is 55.9 Å². The molecule has 0 aliphatic heterocycles. The average Bonchev–Trinajstić information content (AvgIpc) is 3.59. The minimum atomic E-state index is 0.494. The molecule has 0 aliphatic carbocycles. The molecule has 7 aromatic carbocycles. The molecule has 9 rings (SSSR count). The molecule has 0 unspecified atom stereocenters. The molecule has 4 heteroatoms. The van der Waals surface area contributed by atoms with Crippen molar-refractivity contribution in [2.45, 2.75) is 0 Å². The monoisotopic (exact) mass is 601 g/mol. The molecule has 0 N–H and O–H groups in total. The van der Waals surface area contributed by atoms with E-state index in [-0.39, 0.29) is 0 Å². The molecular formula is C43H27N3O. The maximum absolute atomic E-state index is 6.31. The summed E-state index contributed by atoms with van der Waals surface area (Å²) in [6.07, 6.45) is 0. The summed E-state index contributed by atoms with van der Waals surface area (Å²) in [5.74, 6) is 2.29. The molecule has 0 bridgehead atoms. The summed E-state index contributed by atoms with van der Waals surface area (Å²) in [5, 5.41) is 5.45. The van der Waals surface area contributed by atoms with Crippen LogP contribution in [0, 0.1) is 0 Å². The van der Waals surface area contributed by atoms with Gasteiger partial charge < -0.3 is 4.42 Å². The van der Waals surface area contributed by atoms with Gasteiger partial charge in [-0.15, -0.1) is 0 Å². The Labute approximate surface area is 271 Å². The number of aromatic nitrogens is 3. The number of benzene rings is 7. The van der Waals surface area contributed by atoms with Crippen molar-refractivity contribution in [3.63, 3.8) is 0 Å². The van der Waals surface area contributed by atoms with Crippen molar-refractivity contribution in [1.29, 1.82) is 0 Å². The lowest BCUT2D eigenvalue weighted by Crippen LogP contribution is -2.01. The van der Waals surface area contributed by atoms with Gasteiger partial charge in [0.2, 0.25) is 0 Å². The van der Waals surface area contributed by atoms with Crippen LogP contribution in [0.4, 0.5) is 0 Å². The predicted molar refractivity (Wildman–Crippen MR) is 192 cm³/mol. The number of para-hydroxylation sites is 1. The van der Waals surface area contributed by atoms with Gasteiger partial charge in [-0.2, -0.15) is 0 Å². The van der Waals surface area contributed by atoms with Crippen molar-refractivity contribution in [3.05, 3.63) is 164 Å². The van der Waals surface area contributed by atoms with Crippen LogP contribution in [-0.2, 0) is 0 Å². The summed E-state index contributed by atoms with van der Waals surface area (Å²) in [5.41, 5.74) is 7.33. The Hall–Kier alpha value is -6.39. The molecule has 9 aromatic rings. The van der Waals surface area contributed by atoms with Gasteiger partial charge in [-0.25, -0.2) is 15.0 Å². The highest BCUT2D eigenvalue weighted by molar-refractivity contribution is 6.20. The van der Waals surface area contributed by atoms with Gasteiger partial charge in [-0.3, -0.25) is 0 Å². The van der Waals surface area contributed by atoms with Crippen LogP contribution in [0.2, 0.25) is 0 Å². The Kier molecular flexibility index (Phi) is 6.43. The summed E-state index contributed by atoms with van der Waals surface area (Å²) in [4.78, 5) is 15.3. The number of rotatable bonds is 5. The van der Waals surface area contributed by atoms with E-state index in [1.807, 2.05) is 36.4 Å². The van der Waals surface area contributed by atoms with E-state index in [1.54, 1.807) is 0 Å². The van der Waals surface area contributed by atoms with E-state index in [2.05, 4.69) is 127 Å². The second-order valence-corrected chi connectivity index (χ2v) is 11.6. The maximum Gasteiger partial charge on any atom is 0.199 e. The molecule has 0 fully saturated rings. The second-order valence-electron chi connectivity index (χ2n) is 11.6. The summed E-state index contributed by atoms with van der Waals surface area (Å²) in [7, 11) is 0. The topological polar surface area (TPSA) is 51.8 Å². The first-order valence-electron chi connectivity index (χ1n) is 15.7. The molecule has 2 aromatic heterocycles. The van der Waals surface area contributed by atoms with E-state index in [1.165, 1.54) is 11.1 Å². The largest absolute Gasteiger partial charge is 0.453 e. The summed E-state index contributed by atoms with van der Waals surface area (Å²) in [6.45, 7) is 0. The normalized spacial score (nSPS) is 11.4. The van der Waals surface area contributed by atoms with Gasteiger partial charge in [0.05, 0.1) is 0 Å². The van der Waals surface area contributed by atoms with Crippen molar-refractivity contribution >= 4 is 32.5 Å². The second kappa shape index (κ2) is 11.2. The Morgan fingerprint density at radius 3 is 1.45 bits per heavy atom. The van der Waals surface area contributed by atoms with E-state index < -0.39 is 0 Å². The standard InChI is InChI=1S/C43H27N3O/c1-3-13-28(14-4-1)29-23-25-31(26-24-29)41-44-42(38-27-32-17-7-12-22-37(32)47-38)46-43(45-41)40-35-20-10-8-18-33(35)39(30-15-5-2-6-16-30)34-19-9-11-21-36(34)40/h1-27H. The SMILES string of the molecule is c1ccc(-c2ccc(-c3nc(-c4cc5ccccc5o4)nc(-c4c5ccccc5c(-c5ccccc5)c5ccccc45)n3)cc2)cc1. The Bertz CT molecular complexity index is 2460. The predicted octanol–water partition coefficient (Wildman–Crippen LogP) is 11.3. The molecule has 47 heavy (non-hydrogen) atoms. The fourth-order valence-corrected chi connectivity index (χ4v) is 6.55. The third-order valence-electron chi connectivity index (χ3n) is 8.75. The molecule has 0 saturated carbocycles. The number of nitrogens with zero attached hydrogens (tertiary/aromatic N) is 3. The van der Waals surface area contributed by atoms with Crippen molar-refractivity contribution in [2.24, 2.45) is 0 Å². The van der Waals surface area contributed by atoms with Crippen LogP contribution in [0.15, 0.2) is 168 Å². The molecule has 4 nitrogen and oxygen atoms in total. The van der Waals surface area contributed by atoms with Crippen LogP contribution in [0.25, 0.3) is 89.1 Å². The van der Waals surface area contributed by atoms with E-state index in [4.69, 9.17) is 19.4 Å². The van der Waals surface area contributed by atoms with Crippen LogP contribution < -0.4 is 0 Å². The average molecular weight is 602 g/mol. The molecule has 220 valence electrons. The lowest BCUT2D eigenvalue weighted by atomic mass is 9.88. The first-order chi connectivity index (χ1) is 23.3. The van der Waals surface area contributed by atoms with Crippen LogP contribution in [0.1, 0.15) is 0 Å². The molecule has 0 amide bonds. The van der Waals surface area contributed by atoms with Gasteiger partial charge >= 0.3 is 0 Å². The summed E-state index contributed by atoms with van der Waals surface area (Å²) < 4.78 is 6.31. The van der Waals surface area contributed by atoms with Gasteiger partial charge in [0.15, 0.2) is 23.2 Å². The quantitative estimate of drug-likeness (QED) is 0.184. The fourth-order valence-electron chi connectivity index (χ4n) is 6.55. The number of hydrogen-bond acceptors (Lipinski definition) is 4. The minimum absolute atomic E-state index is 0.494. The van der Waals surface area contributed by atoms with Gasteiger partial charge in [-0.1, -0.05) is 152 Å². The Morgan fingerprint density at radius 1 is 0.340 bits per heavy atom. The third kappa shape index (κ3) is 4.75. The molecule has 0 saturated heterocycles. The minimum Gasteiger partial charge on any atom is -0.453 e. The first kappa shape index (κ1) is 27.0. The lowest BCUT2D eigenvalue weighted by molar-refractivity contribution is 0.625. The first-order valence-corrected chi connectivity index (χ1v) is 15.7. The molecule has 0 spiro atoms. The molecule has 0 atom stereocenters. The zero-order chi connectivity index (χ0) is 31.2. The fraction of sp³-hybridized carbons (Fsp3) is 0. The Balaban J connectivity index is 1.31. The van der Waals surface area contributed by atoms with E-state index in [9.17, 15) is 0 Å². The van der Waals surface area contributed by atoms with Gasteiger partial charge in [0.25, 0.3) is 0 Å². The molecule has 0 aliphatic rings. The highest BCUT2D eigenvalue weighted by Gasteiger charge is 2.21. The third-order valence-corrected chi connectivity index (χ3v) is 8.75. The number of furan rings is 1. The Morgan fingerprint density at radius 2 is 0.809 bits per heavy atom. The smallest absolute Gasteiger partial charge is 0.199 e. The van der Waals surface area contributed by atoms with Crippen molar-refractivity contribution in [1.82, 2.24) is 15.0 Å². The molecular weight excluding hydrogens is 574 g/mol. The van der Waals surface area contributed by atoms with Crippen LogP contribution in [0.5, 0.6) is 0 Å². The number of fused-ring (bicyclic) bond motifs is 3. The highest BCUT2D eigenvalue weighted by Crippen LogP contribution is 2.43. The van der Waals surface area contributed by atoms with Gasteiger partial charge in [0.1, 0.15) is 5.58 Å². The van der Waals surface area contributed by atoms with Crippen LogP contribution >= 0.6 is 0 Å². The summed E-state index contributed by atoms with van der Waals surface area (Å²) >= 11 is 0. The zero-order valence-corrected chi connectivity index (χ0v) is 25.3. The van der Waals surface area contributed by atoms with E-state index in [0.29, 0.717) is 23.2 Å². The van der Waals surface area contributed by atoms with Crippen molar-refractivity contribution < 1.29 is 4.42 Å². The number of hydrogen-bond donors (Lipinski definition) is 0. The van der Waals surface area contributed by atoms with E-state index >= 15 is 0 Å². The summed E-state index contributed by atoms with van der Waals surface area (Å²) in [6, 6.07) is 56.4. The molecule has 0 radical (unpaired) electrons. The highest BCUT2D eigenvalue weighted by atomic mass is 16.3. The van der Waals surface area contributed by atoms with E-state index in [0.717, 1.165) is 54.8 Å². The lowest BCUT2D eigenvalue weighted by Gasteiger charge is -2.17. The van der Waals surface area contributed by atoms with Crippen molar-refractivity contribution in [3.8, 4) is 56.6 Å². The maximum atomic E-state index is 6.31. The van der Waals surface area contributed by atoms with Crippen molar-refractivity contribution in [2.75, 3.05) is 0 Å². The zero-order valence-electron chi connectivity index (χ0n) is 25.3. The molecule has 2 heterocycles. The van der Waals surface area contributed by atoms with Gasteiger partial charge in [0, 0.05) is 16.5 Å². The van der Waals surface area contributed by atoms with Crippen LogP contribution in [-0.4, -0.2) is 15.0 Å².